The molecule has 1 N–H and O–H groups in total. The number of carbonyl (C=O) groups excluding carboxylic acids is 1. The number of hydrogen-bond donors (Lipinski definition) is 1. The molecule has 0 aliphatic carbocycles. The van der Waals surface area contributed by atoms with E-state index in [9.17, 15) is 9.59 Å². The van der Waals surface area contributed by atoms with Gasteiger partial charge in [0.2, 0.25) is 24.0 Å². The third kappa shape index (κ3) is 4.38. The summed E-state index contributed by atoms with van der Waals surface area (Å²) in [6.07, 6.45) is 1.51. The molecule has 0 atom stereocenters. The number of benzene rings is 2. The third-order valence-electron chi connectivity index (χ3n) is 5.79. The standard InChI is InChI=1S/C26H18ClN5O5/c1-14-2-8-18-23(34)19(26-30-24(31-37-26)15-3-5-16(27)6-4-15)11-32(25(18)28-14)12-22(33)29-17-7-9-20-21(10-17)36-13-35-20/h2-11H,12-13H2,1H3,(H,29,33). The lowest BCUT2D eigenvalue weighted by molar-refractivity contribution is -0.116. The van der Waals surface area contributed by atoms with Gasteiger partial charge in [0.25, 0.3) is 5.89 Å². The Labute approximate surface area is 214 Å². The van der Waals surface area contributed by atoms with E-state index in [2.05, 4.69) is 20.4 Å². The number of aromatic nitrogens is 4. The predicted octanol–water partition coefficient (Wildman–Crippen LogP) is 4.44. The summed E-state index contributed by atoms with van der Waals surface area (Å²) in [7, 11) is 0. The molecule has 0 radical (unpaired) electrons. The second-order valence-electron chi connectivity index (χ2n) is 8.37. The molecule has 184 valence electrons. The maximum absolute atomic E-state index is 13.3. The fraction of sp³-hybridized carbons (Fsp3) is 0.115. The van der Waals surface area contributed by atoms with Crippen LogP contribution in [0.15, 0.2) is 70.1 Å². The molecule has 0 fully saturated rings. The minimum Gasteiger partial charge on any atom is -0.454 e. The molecule has 2 aromatic carbocycles. The van der Waals surface area contributed by atoms with Crippen molar-refractivity contribution >= 4 is 34.2 Å². The van der Waals surface area contributed by atoms with E-state index in [-0.39, 0.29) is 36.1 Å². The fourth-order valence-electron chi connectivity index (χ4n) is 4.01. The zero-order valence-corrected chi connectivity index (χ0v) is 20.2. The van der Waals surface area contributed by atoms with Gasteiger partial charge in [0.05, 0.1) is 5.39 Å². The molecule has 6 rings (SSSR count). The maximum Gasteiger partial charge on any atom is 0.263 e. The normalized spacial score (nSPS) is 12.2. The summed E-state index contributed by atoms with van der Waals surface area (Å²) in [6.45, 7) is 1.83. The van der Waals surface area contributed by atoms with Crippen LogP contribution in [-0.2, 0) is 11.3 Å². The monoisotopic (exact) mass is 515 g/mol. The number of rotatable bonds is 5. The van der Waals surface area contributed by atoms with Gasteiger partial charge in [-0.1, -0.05) is 16.8 Å². The Morgan fingerprint density at radius 2 is 1.86 bits per heavy atom. The molecule has 0 unspecified atom stereocenters. The first-order valence-corrected chi connectivity index (χ1v) is 11.6. The number of anilines is 1. The number of carbonyl (C=O) groups is 1. The second-order valence-corrected chi connectivity index (χ2v) is 8.81. The first-order valence-electron chi connectivity index (χ1n) is 11.2. The molecule has 5 aromatic rings. The number of hydrogen-bond acceptors (Lipinski definition) is 8. The van der Waals surface area contributed by atoms with E-state index in [1.807, 2.05) is 6.92 Å². The van der Waals surface area contributed by atoms with Crippen molar-refractivity contribution in [2.24, 2.45) is 0 Å². The van der Waals surface area contributed by atoms with Gasteiger partial charge in [0.1, 0.15) is 17.8 Å². The minimum absolute atomic E-state index is 0.0300. The van der Waals surface area contributed by atoms with Crippen LogP contribution in [0.3, 0.4) is 0 Å². The van der Waals surface area contributed by atoms with Crippen LogP contribution in [0.1, 0.15) is 5.69 Å². The van der Waals surface area contributed by atoms with E-state index in [0.29, 0.717) is 50.3 Å². The van der Waals surface area contributed by atoms with Crippen LogP contribution >= 0.6 is 11.6 Å². The molecule has 0 saturated carbocycles. The first kappa shape index (κ1) is 22.7. The van der Waals surface area contributed by atoms with Crippen molar-refractivity contribution in [1.29, 1.82) is 0 Å². The summed E-state index contributed by atoms with van der Waals surface area (Å²) in [5.41, 5.74) is 2.12. The lowest BCUT2D eigenvalue weighted by Gasteiger charge is -2.12. The summed E-state index contributed by atoms with van der Waals surface area (Å²) in [4.78, 5) is 35.2. The van der Waals surface area contributed by atoms with Crippen LogP contribution in [0.25, 0.3) is 33.9 Å². The van der Waals surface area contributed by atoms with E-state index in [1.165, 1.54) is 6.20 Å². The Kier molecular flexibility index (Phi) is 5.57. The predicted molar refractivity (Wildman–Crippen MR) is 136 cm³/mol. The van der Waals surface area contributed by atoms with Crippen molar-refractivity contribution in [3.63, 3.8) is 0 Å². The van der Waals surface area contributed by atoms with E-state index in [1.54, 1.807) is 59.2 Å². The Morgan fingerprint density at radius 3 is 2.70 bits per heavy atom. The SMILES string of the molecule is Cc1ccc2c(=O)c(-c3nc(-c4ccc(Cl)cc4)no3)cn(CC(=O)Nc3ccc4c(c3)OCO4)c2n1. The fourth-order valence-corrected chi connectivity index (χ4v) is 4.14. The van der Waals surface area contributed by atoms with Crippen molar-refractivity contribution in [3.8, 4) is 34.3 Å². The number of aryl methyl sites for hydroxylation is 1. The number of ether oxygens (including phenoxy) is 2. The molecule has 0 bridgehead atoms. The zero-order valence-electron chi connectivity index (χ0n) is 19.4. The van der Waals surface area contributed by atoms with Crippen molar-refractivity contribution < 1.29 is 18.8 Å². The highest BCUT2D eigenvalue weighted by Gasteiger charge is 2.20. The Morgan fingerprint density at radius 1 is 1.05 bits per heavy atom. The number of fused-ring (bicyclic) bond motifs is 2. The zero-order chi connectivity index (χ0) is 25.5. The molecule has 1 amide bonds. The maximum atomic E-state index is 13.3. The second kappa shape index (κ2) is 9.07. The Hall–Kier alpha value is -4.70. The number of nitrogens with zero attached hydrogens (tertiary/aromatic N) is 4. The lowest BCUT2D eigenvalue weighted by Crippen LogP contribution is -2.22. The molecule has 10 nitrogen and oxygen atoms in total. The quantitative estimate of drug-likeness (QED) is 0.364. The largest absolute Gasteiger partial charge is 0.454 e. The Bertz CT molecular complexity index is 1730. The Balaban J connectivity index is 1.36. The van der Waals surface area contributed by atoms with E-state index >= 15 is 0 Å². The van der Waals surface area contributed by atoms with Crippen molar-refractivity contribution in [3.05, 3.63) is 81.7 Å². The summed E-state index contributed by atoms with van der Waals surface area (Å²) in [5.74, 6) is 1.18. The van der Waals surface area contributed by atoms with Crippen LogP contribution in [0.2, 0.25) is 5.02 Å². The van der Waals surface area contributed by atoms with Crippen molar-refractivity contribution in [2.75, 3.05) is 12.1 Å². The van der Waals surface area contributed by atoms with Gasteiger partial charge in [-0.2, -0.15) is 4.98 Å². The van der Waals surface area contributed by atoms with Crippen LogP contribution in [-0.4, -0.2) is 32.4 Å². The van der Waals surface area contributed by atoms with Gasteiger partial charge >= 0.3 is 0 Å². The van der Waals surface area contributed by atoms with Crippen molar-refractivity contribution in [2.45, 2.75) is 13.5 Å². The average Bonchev–Trinajstić information content (AvgIpc) is 3.56. The van der Waals surface area contributed by atoms with E-state index in [0.717, 1.165) is 0 Å². The molecule has 0 spiro atoms. The summed E-state index contributed by atoms with van der Waals surface area (Å²) >= 11 is 5.96. The van der Waals surface area contributed by atoms with Crippen LogP contribution in [0, 0.1) is 6.92 Å². The van der Waals surface area contributed by atoms with E-state index in [4.69, 9.17) is 25.6 Å². The van der Waals surface area contributed by atoms with E-state index < -0.39 is 0 Å². The topological polar surface area (TPSA) is 121 Å². The molecule has 11 heteroatoms. The summed E-state index contributed by atoms with van der Waals surface area (Å²) in [6, 6.07) is 15.5. The first-order chi connectivity index (χ1) is 17.9. The molecule has 37 heavy (non-hydrogen) atoms. The molecule has 3 aromatic heterocycles. The van der Waals surface area contributed by atoms with Gasteiger partial charge in [-0.3, -0.25) is 9.59 Å². The van der Waals surface area contributed by atoms with Gasteiger partial charge in [-0.15, -0.1) is 0 Å². The molecular weight excluding hydrogens is 498 g/mol. The van der Waals surface area contributed by atoms with Gasteiger partial charge in [-0.25, -0.2) is 4.98 Å². The number of amides is 1. The number of nitrogens with one attached hydrogen (secondary N) is 1. The van der Waals surface area contributed by atoms with Gasteiger partial charge in [0, 0.05) is 34.2 Å². The van der Waals surface area contributed by atoms with Crippen LogP contribution in [0.4, 0.5) is 5.69 Å². The molecule has 0 saturated heterocycles. The van der Waals surface area contributed by atoms with Crippen LogP contribution in [0.5, 0.6) is 11.5 Å². The average molecular weight is 516 g/mol. The third-order valence-corrected chi connectivity index (χ3v) is 6.04. The van der Waals surface area contributed by atoms with Crippen molar-refractivity contribution in [1.82, 2.24) is 19.7 Å². The molecule has 1 aliphatic rings. The minimum atomic E-state index is -0.332. The molecular formula is C26H18ClN5O5. The van der Waals surface area contributed by atoms with Gasteiger partial charge in [-0.05, 0) is 55.5 Å². The number of halogens is 1. The summed E-state index contributed by atoms with van der Waals surface area (Å²) in [5, 5.41) is 7.75. The smallest absolute Gasteiger partial charge is 0.263 e. The van der Waals surface area contributed by atoms with Gasteiger partial charge < -0.3 is 23.9 Å². The number of pyridine rings is 2. The lowest BCUT2D eigenvalue weighted by atomic mass is 10.1. The highest BCUT2D eigenvalue weighted by molar-refractivity contribution is 6.30. The summed E-state index contributed by atoms with van der Waals surface area (Å²) < 4.78 is 17.7. The highest BCUT2D eigenvalue weighted by Crippen LogP contribution is 2.34. The highest BCUT2D eigenvalue weighted by atomic mass is 35.5. The van der Waals surface area contributed by atoms with Gasteiger partial charge in [0.15, 0.2) is 11.5 Å². The molecule has 4 heterocycles. The van der Waals surface area contributed by atoms with Crippen LogP contribution < -0.4 is 20.2 Å². The molecule has 1 aliphatic heterocycles.